The molecule has 2 N–H and O–H groups in total. The topological polar surface area (TPSA) is 88.1 Å². The number of aliphatic hydroxyl groups excluding tert-OH is 2. The van der Waals surface area contributed by atoms with Crippen molar-refractivity contribution >= 4 is 11.1 Å². The zero-order chi connectivity index (χ0) is 17.4. The van der Waals surface area contributed by atoms with Gasteiger partial charge in [0, 0.05) is 26.2 Å². The Labute approximate surface area is 145 Å². The molecule has 2 aliphatic rings. The lowest BCUT2D eigenvalue weighted by Crippen LogP contribution is -2.60. The number of rotatable bonds is 3. The van der Waals surface area contributed by atoms with Gasteiger partial charge in [-0.05, 0) is 31.4 Å². The molecule has 25 heavy (non-hydrogen) atoms. The number of nitrogens with zero attached hydrogens (tertiary/aromatic N) is 2. The average Bonchev–Trinajstić information content (AvgIpc) is 2.94. The van der Waals surface area contributed by atoms with Gasteiger partial charge in [-0.15, -0.1) is 0 Å². The summed E-state index contributed by atoms with van der Waals surface area (Å²) in [6, 6.07) is 7.43. The standard InChI is InChI=1S/C18H24N2O5/c21-14-5-12-24-18(16(14)22)6-8-19(9-7-18)10-11-20-13-3-1-2-4-15(13)25-17(20)23/h1-4,14,16,21-22H,5-12H2/t14-,16-/m0/s1. The van der Waals surface area contributed by atoms with Gasteiger partial charge in [-0.3, -0.25) is 4.57 Å². The molecule has 1 aromatic carbocycles. The van der Waals surface area contributed by atoms with Crippen molar-refractivity contribution < 1.29 is 19.4 Å². The van der Waals surface area contributed by atoms with Gasteiger partial charge in [-0.2, -0.15) is 0 Å². The summed E-state index contributed by atoms with van der Waals surface area (Å²) < 4.78 is 12.8. The van der Waals surface area contributed by atoms with E-state index in [0.717, 1.165) is 25.2 Å². The van der Waals surface area contributed by atoms with Crippen molar-refractivity contribution in [1.29, 1.82) is 0 Å². The fraction of sp³-hybridized carbons (Fsp3) is 0.611. The molecule has 0 aliphatic carbocycles. The number of hydrogen-bond donors (Lipinski definition) is 2. The van der Waals surface area contributed by atoms with Crippen LogP contribution in [0.2, 0.25) is 0 Å². The number of ether oxygens (including phenoxy) is 1. The molecule has 2 aliphatic heterocycles. The van der Waals surface area contributed by atoms with E-state index in [4.69, 9.17) is 9.15 Å². The van der Waals surface area contributed by atoms with Gasteiger partial charge in [0.05, 0.1) is 23.8 Å². The predicted octanol–water partition coefficient (Wildman–Crippen LogP) is 0.571. The van der Waals surface area contributed by atoms with E-state index in [0.29, 0.717) is 38.0 Å². The summed E-state index contributed by atoms with van der Waals surface area (Å²) in [7, 11) is 0. The van der Waals surface area contributed by atoms with Crippen molar-refractivity contribution in [3.8, 4) is 0 Å². The van der Waals surface area contributed by atoms with Crippen molar-refractivity contribution in [2.24, 2.45) is 0 Å². The summed E-state index contributed by atoms with van der Waals surface area (Å²) in [5.74, 6) is -0.330. The molecule has 2 saturated heterocycles. The predicted molar refractivity (Wildman–Crippen MR) is 91.5 cm³/mol. The van der Waals surface area contributed by atoms with Crippen LogP contribution in [0, 0.1) is 0 Å². The van der Waals surface area contributed by atoms with Crippen LogP contribution < -0.4 is 5.76 Å². The Bertz CT molecular complexity index is 790. The van der Waals surface area contributed by atoms with Gasteiger partial charge >= 0.3 is 5.76 Å². The number of benzene rings is 1. The number of fused-ring (bicyclic) bond motifs is 1. The fourth-order valence-electron chi connectivity index (χ4n) is 4.04. The number of oxazole rings is 1. The van der Waals surface area contributed by atoms with Gasteiger partial charge in [-0.1, -0.05) is 12.1 Å². The van der Waals surface area contributed by atoms with Crippen LogP contribution in [0.3, 0.4) is 0 Å². The molecule has 0 radical (unpaired) electrons. The number of hydrogen-bond acceptors (Lipinski definition) is 6. The minimum atomic E-state index is -0.816. The number of piperidine rings is 1. The molecule has 4 rings (SSSR count). The van der Waals surface area contributed by atoms with Crippen molar-refractivity contribution in [2.45, 2.75) is 43.6 Å². The summed E-state index contributed by atoms with van der Waals surface area (Å²) in [6.45, 7) is 3.34. The minimum absolute atomic E-state index is 0.330. The van der Waals surface area contributed by atoms with Gasteiger partial charge in [-0.25, -0.2) is 4.79 Å². The Morgan fingerprint density at radius 1 is 1.16 bits per heavy atom. The average molecular weight is 348 g/mol. The second kappa shape index (κ2) is 6.57. The maximum Gasteiger partial charge on any atom is 0.419 e. The van der Waals surface area contributed by atoms with Gasteiger partial charge < -0.3 is 24.3 Å². The van der Waals surface area contributed by atoms with Crippen molar-refractivity contribution in [3.05, 3.63) is 34.8 Å². The third kappa shape index (κ3) is 3.01. The summed E-state index contributed by atoms with van der Waals surface area (Å²) in [6.07, 6.45) is 0.349. The van der Waals surface area contributed by atoms with Gasteiger partial charge in [0.1, 0.15) is 6.10 Å². The third-order valence-corrected chi connectivity index (χ3v) is 5.62. The number of aliphatic hydroxyl groups is 2. The van der Waals surface area contributed by atoms with E-state index in [1.165, 1.54) is 0 Å². The van der Waals surface area contributed by atoms with E-state index in [2.05, 4.69) is 4.90 Å². The highest BCUT2D eigenvalue weighted by Crippen LogP contribution is 2.35. The lowest BCUT2D eigenvalue weighted by Gasteiger charge is -2.48. The smallest absolute Gasteiger partial charge is 0.408 e. The number of likely N-dealkylation sites (tertiary alicyclic amines) is 1. The highest BCUT2D eigenvalue weighted by atomic mass is 16.5. The first-order valence-electron chi connectivity index (χ1n) is 8.90. The molecule has 136 valence electrons. The van der Waals surface area contributed by atoms with E-state index in [1.54, 1.807) is 10.6 Å². The molecule has 1 aromatic heterocycles. The summed E-state index contributed by atoms with van der Waals surface area (Å²) in [4.78, 5) is 14.3. The minimum Gasteiger partial charge on any atom is -0.408 e. The molecule has 0 amide bonds. The van der Waals surface area contributed by atoms with E-state index in [1.807, 2.05) is 18.2 Å². The molecular formula is C18H24N2O5. The van der Waals surface area contributed by atoms with Crippen LogP contribution in [0.4, 0.5) is 0 Å². The van der Waals surface area contributed by atoms with E-state index < -0.39 is 17.8 Å². The molecule has 2 atom stereocenters. The van der Waals surface area contributed by atoms with E-state index >= 15 is 0 Å². The first-order valence-corrected chi connectivity index (χ1v) is 8.90. The van der Waals surface area contributed by atoms with Crippen LogP contribution in [-0.2, 0) is 11.3 Å². The molecule has 3 heterocycles. The molecule has 7 heteroatoms. The first kappa shape index (κ1) is 16.8. The number of para-hydroxylation sites is 2. The molecular weight excluding hydrogens is 324 g/mol. The van der Waals surface area contributed by atoms with Crippen molar-refractivity contribution in [1.82, 2.24) is 9.47 Å². The number of aromatic nitrogens is 1. The molecule has 2 aromatic rings. The maximum atomic E-state index is 12.0. The summed E-state index contributed by atoms with van der Waals surface area (Å²) >= 11 is 0. The van der Waals surface area contributed by atoms with Crippen molar-refractivity contribution in [2.75, 3.05) is 26.2 Å². The van der Waals surface area contributed by atoms with Crippen molar-refractivity contribution in [3.63, 3.8) is 0 Å². The molecule has 1 spiro atoms. The zero-order valence-electron chi connectivity index (χ0n) is 14.1. The monoisotopic (exact) mass is 348 g/mol. The second-order valence-corrected chi connectivity index (χ2v) is 7.04. The molecule has 0 unspecified atom stereocenters. The quantitative estimate of drug-likeness (QED) is 0.843. The first-order chi connectivity index (χ1) is 12.1. The Kier molecular flexibility index (Phi) is 4.41. The fourth-order valence-corrected chi connectivity index (χ4v) is 4.04. The van der Waals surface area contributed by atoms with Gasteiger partial charge in [0.25, 0.3) is 0 Å². The van der Waals surface area contributed by atoms with Crippen LogP contribution in [0.5, 0.6) is 0 Å². The SMILES string of the molecule is O=c1oc2ccccc2n1CCN1CCC2(CC1)OCC[C@H](O)[C@@H]2O. The van der Waals surface area contributed by atoms with E-state index in [-0.39, 0.29) is 5.76 Å². The normalized spacial score (nSPS) is 27.1. The highest BCUT2D eigenvalue weighted by Gasteiger charge is 2.47. The summed E-state index contributed by atoms with van der Waals surface area (Å²) in [5, 5.41) is 20.3. The van der Waals surface area contributed by atoms with Gasteiger partial charge in [0.2, 0.25) is 0 Å². The highest BCUT2D eigenvalue weighted by molar-refractivity contribution is 5.72. The zero-order valence-corrected chi connectivity index (χ0v) is 14.1. The van der Waals surface area contributed by atoms with E-state index in [9.17, 15) is 15.0 Å². The van der Waals surface area contributed by atoms with Crippen LogP contribution in [0.1, 0.15) is 19.3 Å². The lowest BCUT2D eigenvalue weighted by molar-refractivity contribution is -0.214. The van der Waals surface area contributed by atoms with Crippen LogP contribution in [-0.4, -0.2) is 63.7 Å². The Balaban J connectivity index is 1.39. The Morgan fingerprint density at radius 3 is 2.72 bits per heavy atom. The molecule has 0 saturated carbocycles. The van der Waals surface area contributed by atoms with Gasteiger partial charge in [0.15, 0.2) is 5.58 Å². The van der Waals surface area contributed by atoms with Crippen LogP contribution >= 0.6 is 0 Å². The van der Waals surface area contributed by atoms with Crippen LogP contribution in [0.25, 0.3) is 11.1 Å². The Hall–Kier alpha value is -1.67. The summed E-state index contributed by atoms with van der Waals surface area (Å²) in [5.41, 5.74) is 0.806. The molecule has 0 bridgehead atoms. The maximum absolute atomic E-state index is 12.0. The Morgan fingerprint density at radius 2 is 1.92 bits per heavy atom. The molecule has 2 fully saturated rings. The largest absolute Gasteiger partial charge is 0.419 e. The van der Waals surface area contributed by atoms with Crippen LogP contribution in [0.15, 0.2) is 33.5 Å². The lowest BCUT2D eigenvalue weighted by atomic mass is 9.80. The second-order valence-electron chi connectivity index (χ2n) is 7.04. The molecule has 7 nitrogen and oxygen atoms in total. The third-order valence-electron chi connectivity index (χ3n) is 5.62.